The zero-order valence-corrected chi connectivity index (χ0v) is 15.8. The van der Waals surface area contributed by atoms with Crippen LogP contribution in [-0.4, -0.2) is 46.4 Å². The van der Waals surface area contributed by atoms with Crippen molar-refractivity contribution in [2.45, 2.75) is 36.6 Å². The van der Waals surface area contributed by atoms with Gasteiger partial charge in [-0.05, 0) is 44.7 Å². The molecule has 0 aliphatic carbocycles. The molecule has 1 aromatic carbocycles. The van der Waals surface area contributed by atoms with Gasteiger partial charge >= 0.3 is 0 Å². The highest BCUT2D eigenvalue weighted by Gasteiger charge is 2.36. The van der Waals surface area contributed by atoms with Gasteiger partial charge in [0.1, 0.15) is 6.10 Å². The van der Waals surface area contributed by atoms with Crippen LogP contribution in [0.2, 0.25) is 0 Å². The molecular weight excluding hydrogens is 350 g/mol. The van der Waals surface area contributed by atoms with Gasteiger partial charge in [-0.15, -0.1) is 11.8 Å². The van der Waals surface area contributed by atoms with E-state index in [0.717, 1.165) is 11.1 Å². The van der Waals surface area contributed by atoms with Crippen LogP contribution in [0.15, 0.2) is 45.3 Å². The van der Waals surface area contributed by atoms with Crippen LogP contribution in [-0.2, 0) is 4.74 Å². The van der Waals surface area contributed by atoms with Crippen molar-refractivity contribution in [3.63, 3.8) is 0 Å². The van der Waals surface area contributed by atoms with Crippen molar-refractivity contribution in [3.05, 3.63) is 48.8 Å². The highest BCUT2D eigenvalue weighted by molar-refractivity contribution is 7.98. The third kappa shape index (κ3) is 4.38. The molecule has 1 saturated heterocycles. The van der Waals surface area contributed by atoms with Gasteiger partial charge in [-0.25, -0.2) is 4.98 Å². The fourth-order valence-corrected chi connectivity index (χ4v) is 3.36. The molecule has 1 aromatic heterocycles. The number of thioether (sulfide) groups is 1. The number of aliphatic hydroxyl groups is 2. The molecule has 1 aliphatic heterocycles. The highest BCUT2D eigenvalue weighted by Crippen LogP contribution is 2.27. The largest absolute Gasteiger partial charge is 0.437 e. The highest BCUT2D eigenvalue weighted by atomic mass is 32.2. The Kier molecular flexibility index (Phi) is 6.19. The Morgan fingerprint density at radius 3 is 2.73 bits per heavy atom. The molecule has 1 fully saturated rings. The summed E-state index contributed by atoms with van der Waals surface area (Å²) in [4.78, 5) is 5.50. The molecule has 4 atom stereocenters. The van der Waals surface area contributed by atoms with Gasteiger partial charge in [0.05, 0.1) is 25.0 Å². The van der Waals surface area contributed by atoms with Crippen molar-refractivity contribution in [3.8, 4) is 11.3 Å². The second kappa shape index (κ2) is 8.39. The van der Waals surface area contributed by atoms with Crippen LogP contribution in [0.4, 0.5) is 0 Å². The summed E-state index contributed by atoms with van der Waals surface area (Å²) >= 11 is 1.69. The number of hydrogen-bond donors (Lipinski definition) is 2. The Morgan fingerprint density at radius 2 is 2.04 bits per heavy atom. The van der Waals surface area contributed by atoms with Gasteiger partial charge in [-0.3, -0.25) is 0 Å². The average molecular weight is 374 g/mol. The molecule has 0 amide bonds. The van der Waals surface area contributed by atoms with Gasteiger partial charge in [0.25, 0.3) is 0 Å². The summed E-state index contributed by atoms with van der Waals surface area (Å²) in [6.07, 6.45) is 3.81. The van der Waals surface area contributed by atoms with E-state index in [9.17, 15) is 10.2 Å². The molecule has 1 radical (unpaired) electrons. The number of benzene rings is 1. The van der Waals surface area contributed by atoms with E-state index < -0.39 is 18.3 Å². The Bertz CT molecular complexity index is 755. The lowest BCUT2D eigenvalue weighted by atomic mass is 9.91. The van der Waals surface area contributed by atoms with Crippen LogP contribution in [0.5, 0.6) is 0 Å². The van der Waals surface area contributed by atoms with Crippen LogP contribution in [0.1, 0.15) is 19.2 Å². The number of ether oxygens (including phenoxy) is 1. The minimum absolute atomic E-state index is 0.308. The molecule has 5 nitrogen and oxygen atoms in total. The van der Waals surface area contributed by atoms with Crippen molar-refractivity contribution in [1.29, 1.82) is 0 Å². The minimum atomic E-state index is -0.940. The van der Waals surface area contributed by atoms with E-state index in [-0.39, 0.29) is 5.92 Å². The Hall–Kier alpha value is -1.60. The number of rotatable bonds is 5. The predicted molar refractivity (Wildman–Crippen MR) is 103 cm³/mol. The van der Waals surface area contributed by atoms with E-state index >= 15 is 0 Å². The van der Waals surface area contributed by atoms with Crippen molar-refractivity contribution in [2.24, 2.45) is 5.92 Å². The van der Waals surface area contributed by atoms with Gasteiger partial charge in [0, 0.05) is 16.4 Å². The Balaban J connectivity index is 1.67. The SMILES string of the molecule is [CH2][C@@H]1CO[C@@H](C/C(C)=C/c2ncc(-c3ccc(SC)cc3)o2)[C@H](O)[C@@H]1O. The maximum Gasteiger partial charge on any atom is 0.219 e. The predicted octanol–water partition coefficient (Wildman–Crippen LogP) is 3.43. The maximum absolute atomic E-state index is 10.1. The molecule has 0 saturated carbocycles. The zero-order chi connectivity index (χ0) is 18.7. The van der Waals surface area contributed by atoms with Gasteiger partial charge in [-0.1, -0.05) is 17.7 Å². The lowest BCUT2D eigenvalue weighted by molar-refractivity contribution is -0.153. The topological polar surface area (TPSA) is 75.7 Å². The number of oxazole rings is 1. The third-order valence-corrected chi connectivity index (χ3v) is 5.27. The van der Waals surface area contributed by atoms with Gasteiger partial charge < -0.3 is 19.4 Å². The summed E-state index contributed by atoms with van der Waals surface area (Å²) < 4.78 is 11.4. The summed E-state index contributed by atoms with van der Waals surface area (Å²) in [5.41, 5.74) is 1.93. The minimum Gasteiger partial charge on any atom is -0.437 e. The summed E-state index contributed by atoms with van der Waals surface area (Å²) in [5, 5.41) is 20.1. The molecule has 139 valence electrons. The smallest absolute Gasteiger partial charge is 0.219 e. The number of aliphatic hydroxyl groups excluding tert-OH is 2. The van der Waals surface area contributed by atoms with Crippen LogP contribution >= 0.6 is 11.8 Å². The number of aromatic nitrogens is 1. The molecule has 2 heterocycles. The van der Waals surface area contributed by atoms with E-state index in [0.29, 0.717) is 24.7 Å². The molecule has 1 aliphatic rings. The van der Waals surface area contributed by atoms with Gasteiger partial charge in [0.2, 0.25) is 5.89 Å². The van der Waals surface area contributed by atoms with E-state index in [1.807, 2.05) is 43.5 Å². The molecule has 0 unspecified atom stereocenters. The van der Waals surface area contributed by atoms with E-state index in [4.69, 9.17) is 9.15 Å². The molecule has 2 N–H and O–H groups in total. The fourth-order valence-electron chi connectivity index (χ4n) is 2.95. The number of hydrogen-bond acceptors (Lipinski definition) is 6. The van der Waals surface area contributed by atoms with Gasteiger partial charge in [0.15, 0.2) is 5.76 Å². The lowest BCUT2D eigenvalue weighted by Gasteiger charge is -2.36. The number of nitrogens with zero attached hydrogens (tertiary/aromatic N) is 1. The molecule has 6 heteroatoms. The molecular formula is C20H24NO4S. The first-order valence-electron chi connectivity index (χ1n) is 8.56. The van der Waals surface area contributed by atoms with Crippen LogP contribution in [0.25, 0.3) is 17.4 Å². The standard InChI is InChI=1S/C20H24NO4S/c1-12(8-16-20(23)19(22)13(2)11-24-16)9-18-21-10-17(25-18)14-4-6-15(26-3)7-5-14/h4-7,9-10,13,16,19-20,22-23H,2,8,11H2,1,3H3/b12-9+/t13-,16+,19-,20+/m1/s1. The molecule has 3 rings (SSSR count). The Labute approximate surface area is 158 Å². The fraction of sp³-hybridized carbons (Fsp3) is 0.400. The second-order valence-electron chi connectivity index (χ2n) is 6.60. The molecule has 0 bridgehead atoms. The van der Waals surface area contributed by atoms with E-state index in [1.165, 1.54) is 4.90 Å². The van der Waals surface area contributed by atoms with E-state index in [1.54, 1.807) is 18.0 Å². The van der Waals surface area contributed by atoms with Crippen molar-refractivity contribution in [1.82, 2.24) is 4.98 Å². The monoisotopic (exact) mass is 374 g/mol. The van der Waals surface area contributed by atoms with E-state index in [2.05, 4.69) is 11.9 Å². The quantitative estimate of drug-likeness (QED) is 0.781. The Morgan fingerprint density at radius 1 is 1.31 bits per heavy atom. The summed E-state index contributed by atoms with van der Waals surface area (Å²) in [6.45, 7) is 6.04. The zero-order valence-electron chi connectivity index (χ0n) is 15.0. The van der Waals surface area contributed by atoms with Gasteiger partial charge in [-0.2, -0.15) is 0 Å². The first-order chi connectivity index (χ1) is 12.5. The average Bonchev–Trinajstić information content (AvgIpc) is 3.10. The molecule has 26 heavy (non-hydrogen) atoms. The molecule has 0 spiro atoms. The normalized spacial score (nSPS) is 26.9. The third-order valence-electron chi connectivity index (χ3n) is 4.53. The van der Waals surface area contributed by atoms with Crippen molar-refractivity contribution in [2.75, 3.05) is 12.9 Å². The second-order valence-corrected chi connectivity index (χ2v) is 7.48. The first-order valence-corrected chi connectivity index (χ1v) is 9.78. The summed E-state index contributed by atoms with van der Waals surface area (Å²) in [6, 6.07) is 8.11. The van der Waals surface area contributed by atoms with Crippen LogP contribution in [0.3, 0.4) is 0 Å². The first kappa shape index (κ1) is 19.2. The maximum atomic E-state index is 10.1. The van der Waals surface area contributed by atoms with Crippen LogP contribution in [0, 0.1) is 12.8 Å². The molecule has 2 aromatic rings. The summed E-state index contributed by atoms with van der Waals surface area (Å²) in [5.74, 6) is 0.908. The lowest BCUT2D eigenvalue weighted by Crippen LogP contribution is -2.49. The van der Waals surface area contributed by atoms with Crippen LogP contribution < -0.4 is 0 Å². The summed E-state index contributed by atoms with van der Waals surface area (Å²) in [7, 11) is 0. The van der Waals surface area contributed by atoms with Crippen molar-refractivity contribution >= 4 is 17.8 Å². The van der Waals surface area contributed by atoms with Crippen molar-refractivity contribution < 1.29 is 19.4 Å².